The highest BCUT2D eigenvalue weighted by atomic mass is 16.5. The van der Waals surface area contributed by atoms with Crippen molar-refractivity contribution in [1.29, 1.82) is 0 Å². The van der Waals surface area contributed by atoms with E-state index in [0.29, 0.717) is 38.0 Å². The van der Waals surface area contributed by atoms with Crippen molar-refractivity contribution in [3.05, 3.63) is 12.0 Å². The minimum absolute atomic E-state index is 0.0659. The third kappa shape index (κ3) is 2.00. The summed E-state index contributed by atoms with van der Waals surface area (Å²) in [5.74, 6) is -0.0659. The molecule has 17 heavy (non-hydrogen) atoms. The number of hydrogen-bond donors (Lipinski definition) is 0. The van der Waals surface area contributed by atoms with Gasteiger partial charge in [0.25, 0.3) is 11.9 Å². The van der Waals surface area contributed by atoms with E-state index in [2.05, 4.69) is 4.98 Å². The Balaban J connectivity index is 1.69. The number of carbonyl (C=O) groups is 1. The van der Waals surface area contributed by atoms with Crippen LogP contribution in [0.4, 0.5) is 6.01 Å². The number of morpholine rings is 1. The molecular formula is C11H15N3O3. The average molecular weight is 237 g/mol. The van der Waals surface area contributed by atoms with E-state index in [-0.39, 0.29) is 5.91 Å². The Kier molecular flexibility index (Phi) is 2.72. The molecule has 0 bridgehead atoms. The molecule has 0 spiro atoms. The second-order valence-corrected chi connectivity index (χ2v) is 4.26. The zero-order valence-electron chi connectivity index (χ0n) is 9.59. The maximum Gasteiger partial charge on any atom is 0.297 e. The molecule has 0 atom stereocenters. The highest BCUT2D eigenvalue weighted by Crippen LogP contribution is 2.20. The number of hydrogen-bond acceptors (Lipinski definition) is 5. The van der Waals surface area contributed by atoms with E-state index in [0.717, 1.165) is 19.5 Å². The number of amides is 1. The van der Waals surface area contributed by atoms with Crippen LogP contribution in [0.2, 0.25) is 0 Å². The van der Waals surface area contributed by atoms with Crippen molar-refractivity contribution in [3.8, 4) is 0 Å². The second-order valence-electron chi connectivity index (χ2n) is 4.26. The lowest BCUT2D eigenvalue weighted by molar-refractivity contribution is 0.0299. The van der Waals surface area contributed by atoms with E-state index in [1.807, 2.05) is 4.90 Å². The van der Waals surface area contributed by atoms with Gasteiger partial charge in [-0.2, -0.15) is 4.98 Å². The lowest BCUT2D eigenvalue weighted by Crippen LogP contribution is -2.41. The van der Waals surface area contributed by atoms with Gasteiger partial charge in [-0.1, -0.05) is 0 Å². The molecule has 6 heteroatoms. The number of aromatic nitrogens is 1. The third-order valence-corrected chi connectivity index (χ3v) is 3.14. The Morgan fingerprint density at radius 3 is 2.65 bits per heavy atom. The van der Waals surface area contributed by atoms with Crippen molar-refractivity contribution >= 4 is 11.9 Å². The Labute approximate surface area is 99.1 Å². The van der Waals surface area contributed by atoms with Gasteiger partial charge in [0, 0.05) is 26.2 Å². The zero-order valence-corrected chi connectivity index (χ0v) is 9.59. The van der Waals surface area contributed by atoms with E-state index < -0.39 is 0 Å². The van der Waals surface area contributed by atoms with Gasteiger partial charge < -0.3 is 19.0 Å². The Hall–Kier alpha value is -1.56. The SMILES string of the molecule is O=C(c1coc(N2CCC2)n1)N1CCOCC1. The van der Waals surface area contributed by atoms with Gasteiger partial charge in [-0.15, -0.1) is 0 Å². The fourth-order valence-corrected chi connectivity index (χ4v) is 1.94. The molecule has 1 amide bonds. The molecule has 92 valence electrons. The van der Waals surface area contributed by atoms with Gasteiger partial charge >= 0.3 is 0 Å². The molecule has 2 aliphatic heterocycles. The lowest BCUT2D eigenvalue weighted by Gasteiger charge is -2.28. The second kappa shape index (κ2) is 4.37. The van der Waals surface area contributed by atoms with Gasteiger partial charge in [-0.3, -0.25) is 4.79 Å². The first-order chi connectivity index (χ1) is 8.34. The summed E-state index contributed by atoms with van der Waals surface area (Å²) in [6.07, 6.45) is 2.61. The van der Waals surface area contributed by atoms with Gasteiger partial charge in [0.1, 0.15) is 6.26 Å². The van der Waals surface area contributed by atoms with E-state index in [1.54, 1.807) is 4.90 Å². The van der Waals surface area contributed by atoms with Crippen LogP contribution in [0.5, 0.6) is 0 Å². The quantitative estimate of drug-likeness (QED) is 0.743. The summed E-state index contributed by atoms with van der Waals surface area (Å²) >= 11 is 0. The predicted octanol–water partition coefficient (Wildman–Crippen LogP) is 0.357. The number of nitrogens with zero attached hydrogens (tertiary/aromatic N) is 3. The minimum atomic E-state index is -0.0659. The van der Waals surface area contributed by atoms with E-state index in [1.165, 1.54) is 6.26 Å². The van der Waals surface area contributed by atoms with Crippen LogP contribution in [0.25, 0.3) is 0 Å². The molecule has 3 heterocycles. The first kappa shape index (κ1) is 10.6. The molecule has 2 saturated heterocycles. The van der Waals surface area contributed by atoms with Crippen molar-refractivity contribution in [2.45, 2.75) is 6.42 Å². The molecule has 3 rings (SSSR count). The average Bonchev–Trinajstić information content (AvgIpc) is 2.76. The first-order valence-electron chi connectivity index (χ1n) is 5.92. The van der Waals surface area contributed by atoms with Crippen molar-refractivity contribution in [1.82, 2.24) is 9.88 Å². The molecule has 0 radical (unpaired) electrons. The standard InChI is InChI=1S/C11H15N3O3/c15-10(13-4-6-16-7-5-13)9-8-17-11(12-9)14-2-1-3-14/h8H,1-7H2. The summed E-state index contributed by atoms with van der Waals surface area (Å²) in [7, 11) is 0. The van der Waals surface area contributed by atoms with Gasteiger partial charge in [0.15, 0.2) is 5.69 Å². The summed E-state index contributed by atoms with van der Waals surface area (Å²) in [6.45, 7) is 4.39. The molecule has 1 aromatic rings. The van der Waals surface area contributed by atoms with Crippen LogP contribution in [0, 0.1) is 0 Å². The number of oxazole rings is 1. The molecule has 2 fully saturated rings. The lowest BCUT2D eigenvalue weighted by atomic mass is 10.2. The maximum atomic E-state index is 12.1. The first-order valence-corrected chi connectivity index (χ1v) is 5.92. The van der Waals surface area contributed by atoms with Gasteiger partial charge in [0.05, 0.1) is 13.2 Å². The summed E-state index contributed by atoms with van der Waals surface area (Å²) in [5.41, 5.74) is 0.397. The highest BCUT2D eigenvalue weighted by Gasteiger charge is 2.24. The normalized spacial score (nSPS) is 20.2. The predicted molar refractivity (Wildman–Crippen MR) is 60.1 cm³/mol. The summed E-state index contributed by atoms with van der Waals surface area (Å²) in [5, 5.41) is 0. The number of rotatable bonds is 2. The molecule has 0 saturated carbocycles. The van der Waals surface area contributed by atoms with E-state index >= 15 is 0 Å². The molecule has 0 aromatic carbocycles. The fourth-order valence-electron chi connectivity index (χ4n) is 1.94. The summed E-state index contributed by atoms with van der Waals surface area (Å²) in [4.78, 5) is 20.1. The molecule has 0 N–H and O–H groups in total. The topological polar surface area (TPSA) is 58.8 Å². The molecule has 1 aromatic heterocycles. The van der Waals surface area contributed by atoms with Crippen molar-refractivity contribution in [2.75, 3.05) is 44.3 Å². The largest absolute Gasteiger partial charge is 0.431 e. The summed E-state index contributed by atoms with van der Waals surface area (Å²) < 4.78 is 10.5. The molecule has 0 unspecified atom stereocenters. The Morgan fingerprint density at radius 2 is 2.00 bits per heavy atom. The van der Waals surface area contributed by atoms with Crippen molar-refractivity contribution in [3.63, 3.8) is 0 Å². The number of ether oxygens (including phenoxy) is 1. The van der Waals surface area contributed by atoms with Gasteiger partial charge in [-0.25, -0.2) is 0 Å². The minimum Gasteiger partial charge on any atom is -0.431 e. The summed E-state index contributed by atoms with van der Waals surface area (Å²) in [6, 6.07) is 0.563. The third-order valence-electron chi connectivity index (χ3n) is 3.14. The fraction of sp³-hybridized carbons (Fsp3) is 0.636. The Bertz CT molecular complexity index is 408. The van der Waals surface area contributed by atoms with E-state index in [4.69, 9.17) is 9.15 Å². The molecular weight excluding hydrogens is 222 g/mol. The molecule has 0 aliphatic carbocycles. The van der Waals surface area contributed by atoms with Crippen LogP contribution in [0.3, 0.4) is 0 Å². The zero-order chi connectivity index (χ0) is 11.7. The van der Waals surface area contributed by atoms with Crippen LogP contribution < -0.4 is 4.90 Å². The van der Waals surface area contributed by atoms with Crippen LogP contribution in [0.15, 0.2) is 10.7 Å². The van der Waals surface area contributed by atoms with Crippen LogP contribution in [-0.2, 0) is 4.74 Å². The smallest absolute Gasteiger partial charge is 0.297 e. The maximum absolute atomic E-state index is 12.1. The van der Waals surface area contributed by atoms with Crippen LogP contribution in [-0.4, -0.2) is 55.2 Å². The van der Waals surface area contributed by atoms with Gasteiger partial charge in [-0.05, 0) is 6.42 Å². The van der Waals surface area contributed by atoms with Crippen LogP contribution in [0.1, 0.15) is 16.9 Å². The van der Waals surface area contributed by atoms with Crippen molar-refractivity contribution < 1.29 is 13.9 Å². The van der Waals surface area contributed by atoms with Crippen molar-refractivity contribution in [2.24, 2.45) is 0 Å². The number of anilines is 1. The number of carbonyl (C=O) groups excluding carboxylic acids is 1. The van der Waals surface area contributed by atoms with E-state index in [9.17, 15) is 4.79 Å². The monoisotopic (exact) mass is 237 g/mol. The highest BCUT2D eigenvalue weighted by molar-refractivity contribution is 5.92. The van der Waals surface area contributed by atoms with Crippen LogP contribution >= 0.6 is 0 Å². The molecule has 2 aliphatic rings. The van der Waals surface area contributed by atoms with Gasteiger partial charge in [0.2, 0.25) is 0 Å². The molecule has 6 nitrogen and oxygen atoms in total. The Morgan fingerprint density at radius 1 is 1.24 bits per heavy atom.